The Balaban J connectivity index is 2.38. The van der Waals surface area contributed by atoms with Gasteiger partial charge in [-0.3, -0.25) is 0 Å². The summed E-state index contributed by atoms with van der Waals surface area (Å²) in [6.07, 6.45) is 5.54. The Labute approximate surface area is 129 Å². The molecule has 0 fully saturated rings. The van der Waals surface area contributed by atoms with Crippen LogP contribution in [0.1, 0.15) is 51.5 Å². The van der Waals surface area contributed by atoms with Gasteiger partial charge in [-0.05, 0) is 24.3 Å². The van der Waals surface area contributed by atoms with Gasteiger partial charge in [0.15, 0.2) is 0 Å². The molecule has 2 unspecified atom stereocenters. The van der Waals surface area contributed by atoms with Crippen LogP contribution in [0, 0.1) is 5.92 Å². The lowest BCUT2D eigenvalue weighted by Crippen LogP contribution is -2.41. The van der Waals surface area contributed by atoms with Gasteiger partial charge in [-0.25, -0.2) is 0 Å². The van der Waals surface area contributed by atoms with E-state index in [1.165, 1.54) is 19.3 Å². The number of ether oxygens (including phenoxy) is 1. The largest absolute Gasteiger partial charge is 0.394 e. The standard InChI is InChI=1S/C18H31NO2/c1-3-5-9-16(4-2)14-21-13-12-18(19,15-20)17-10-7-6-8-11-17/h6-8,10-11,16,20H,3-5,9,12-15,19H2,1-2H3. The highest BCUT2D eigenvalue weighted by Gasteiger charge is 2.26. The Bertz CT molecular complexity index is 369. The molecule has 0 amide bonds. The molecular formula is C18H31NO2. The van der Waals surface area contributed by atoms with E-state index < -0.39 is 5.54 Å². The Morgan fingerprint density at radius 1 is 1.24 bits per heavy atom. The third-order valence-electron chi connectivity index (χ3n) is 4.22. The Hall–Kier alpha value is -0.900. The van der Waals surface area contributed by atoms with Crippen LogP contribution in [0.25, 0.3) is 0 Å². The molecule has 0 aliphatic heterocycles. The number of nitrogens with two attached hydrogens (primary N) is 1. The number of hydrogen-bond acceptors (Lipinski definition) is 3. The SMILES string of the molecule is CCCCC(CC)COCCC(N)(CO)c1ccccc1. The summed E-state index contributed by atoms with van der Waals surface area (Å²) in [6.45, 7) is 5.76. The average molecular weight is 293 g/mol. The predicted molar refractivity (Wildman–Crippen MR) is 88.1 cm³/mol. The maximum atomic E-state index is 9.63. The van der Waals surface area contributed by atoms with E-state index >= 15 is 0 Å². The lowest BCUT2D eigenvalue weighted by Gasteiger charge is -2.28. The molecule has 0 radical (unpaired) electrons. The van der Waals surface area contributed by atoms with Gasteiger partial charge >= 0.3 is 0 Å². The van der Waals surface area contributed by atoms with E-state index in [0.29, 0.717) is 18.9 Å². The molecule has 3 heteroatoms. The van der Waals surface area contributed by atoms with Crippen LogP contribution in [0.2, 0.25) is 0 Å². The Morgan fingerprint density at radius 3 is 2.52 bits per heavy atom. The van der Waals surface area contributed by atoms with Crippen molar-refractivity contribution in [3.05, 3.63) is 35.9 Å². The van der Waals surface area contributed by atoms with Gasteiger partial charge in [0, 0.05) is 13.2 Å². The molecule has 1 aromatic rings. The molecule has 3 nitrogen and oxygen atoms in total. The summed E-state index contributed by atoms with van der Waals surface area (Å²) in [5.74, 6) is 0.642. The van der Waals surface area contributed by atoms with Crippen molar-refractivity contribution in [2.75, 3.05) is 19.8 Å². The monoisotopic (exact) mass is 293 g/mol. The normalized spacial score (nSPS) is 15.6. The van der Waals surface area contributed by atoms with Crippen LogP contribution in [-0.4, -0.2) is 24.9 Å². The first-order valence-electron chi connectivity index (χ1n) is 8.19. The quantitative estimate of drug-likeness (QED) is 0.614. The van der Waals surface area contributed by atoms with Crippen LogP contribution in [0.5, 0.6) is 0 Å². The number of hydrogen-bond donors (Lipinski definition) is 2. The van der Waals surface area contributed by atoms with Crippen molar-refractivity contribution in [1.29, 1.82) is 0 Å². The van der Waals surface area contributed by atoms with Gasteiger partial charge in [-0.1, -0.05) is 63.4 Å². The Kier molecular flexibility index (Phi) is 8.58. The second-order valence-electron chi connectivity index (χ2n) is 5.92. The molecule has 1 rings (SSSR count). The maximum absolute atomic E-state index is 9.63. The summed E-state index contributed by atoms with van der Waals surface area (Å²) in [5.41, 5.74) is 6.58. The average Bonchev–Trinajstić information content (AvgIpc) is 2.54. The Morgan fingerprint density at radius 2 is 1.95 bits per heavy atom. The second kappa shape index (κ2) is 9.93. The molecule has 3 N–H and O–H groups in total. The van der Waals surface area contributed by atoms with Crippen LogP contribution >= 0.6 is 0 Å². The van der Waals surface area contributed by atoms with Gasteiger partial charge in [-0.2, -0.15) is 0 Å². The minimum atomic E-state index is -0.702. The van der Waals surface area contributed by atoms with E-state index in [1.807, 2.05) is 30.3 Å². The van der Waals surface area contributed by atoms with Gasteiger partial charge in [-0.15, -0.1) is 0 Å². The van der Waals surface area contributed by atoms with E-state index in [2.05, 4.69) is 13.8 Å². The third kappa shape index (κ3) is 6.16. The van der Waals surface area contributed by atoms with Gasteiger partial charge in [0.25, 0.3) is 0 Å². The first-order chi connectivity index (χ1) is 10.2. The molecule has 0 spiro atoms. The first kappa shape index (κ1) is 18.1. The summed E-state index contributed by atoms with van der Waals surface area (Å²) in [4.78, 5) is 0. The van der Waals surface area contributed by atoms with Crippen LogP contribution in [0.4, 0.5) is 0 Å². The molecule has 0 bridgehead atoms. The molecule has 0 saturated carbocycles. The van der Waals surface area contributed by atoms with Gasteiger partial charge in [0.2, 0.25) is 0 Å². The minimum Gasteiger partial charge on any atom is -0.394 e. The summed E-state index contributed by atoms with van der Waals surface area (Å²) in [7, 11) is 0. The van der Waals surface area contributed by atoms with Crippen molar-refractivity contribution in [3.8, 4) is 0 Å². The van der Waals surface area contributed by atoms with Crippen LogP contribution in [-0.2, 0) is 10.3 Å². The molecule has 0 aliphatic carbocycles. The van der Waals surface area contributed by atoms with E-state index in [1.54, 1.807) is 0 Å². The smallest absolute Gasteiger partial charge is 0.0666 e. The fraction of sp³-hybridized carbons (Fsp3) is 0.667. The van der Waals surface area contributed by atoms with Crippen LogP contribution < -0.4 is 5.73 Å². The van der Waals surface area contributed by atoms with Crippen molar-refractivity contribution >= 4 is 0 Å². The molecule has 0 heterocycles. The van der Waals surface area contributed by atoms with E-state index in [0.717, 1.165) is 18.6 Å². The van der Waals surface area contributed by atoms with E-state index in [4.69, 9.17) is 10.5 Å². The minimum absolute atomic E-state index is 0.0621. The molecule has 0 aromatic heterocycles. The summed E-state index contributed by atoms with van der Waals surface area (Å²) in [5, 5.41) is 9.63. The second-order valence-corrected chi connectivity index (χ2v) is 5.92. The van der Waals surface area contributed by atoms with Gasteiger partial charge in [0.1, 0.15) is 0 Å². The summed E-state index contributed by atoms with van der Waals surface area (Å²) < 4.78 is 5.81. The molecule has 1 aromatic carbocycles. The molecule has 0 saturated heterocycles. The lowest BCUT2D eigenvalue weighted by molar-refractivity contribution is 0.0678. The third-order valence-corrected chi connectivity index (χ3v) is 4.22. The van der Waals surface area contributed by atoms with Crippen molar-refractivity contribution < 1.29 is 9.84 Å². The maximum Gasteiger partial charge on any atom is 0.0666 e. The van der Waals surface area contributed by atoms with Crippen molar-refractivity contribution in [2.45, 2.75) is 51.5 Å². The van der Waals surface area contributed by atoms with E-state index in [9.17, 15) is 5.11 Å². The summed E-state index contributed by atoms with van der Waals surface area (Å²) >= 11 is 0. The zero-order valence-electron chi connectivity index (χ0n) is 13.6. The van der Waals surface area contributed by atoms with Gasteiger partial charge in [0.05, 0.1) is 12.1 Å². The highest BCUT2D eigenvalue weighted by atomic mass is 16.5. The lowest BCUT2D eigenvalue weighted by atomic mass is 9.89. The molecule has 21 heavy (non-hydrogen) atoms. The topological polar surface area (TPSA) is 55.5 Å². The molecule has 120 valence electrons. The van der Waals surface area contributed by atoms with Crippen molar-refractivity contribution in [1.82, 2.24) is 0 Å². The number of benzene rings is 1. The van der Waals surface area contributed by atoms with Crippen LogP contribution in [0.3, 0.4) is 0 Å². The van der Waals surface area contributed by atoms with Crippen molar-refractivity contribution in [2.24, 2.45) is 11.7 Å². The van der Waals surface area contributed by atoms with Crippen LogP contribution in [0.15, 0.2) is 30.3 Å². The number of aliphatic hydroxyl groups excluding tert-OH is 1. The zero-order valence-corrected chi connectivity index (χ0v) is 13.6. The molecule has 2 atom stereocenters. The first-order valence-corrected chi connectivity index (χ1v) is 8.19. The highest BCUT2D eigenvalue weighted by molar-refractivity contribution is 5.23. The molecular weight excluding hydrogens is 262 g/mol. The number of unbranched alkanes of at least 4 members (excludes halogenated alkanes) is 1. The van der Waals surface area contributed by atoms with Crippen molar-refractivity contribution in [3.63, 3.8) is 0 Å². The summed E-state index contributed by atoms with van der Waals surface area (Å²) in [6, 6.07) is 9.78. The zero-order chi connectivity index (χ0) is 15.6. The highest BCUT2D eigenvalue weighted by Crippen LogP contribution is 2.22. The van der Waals surface area contributed by atoms with E-state index in [-0.39, 0.29) is 6.61 Å². The predicted octanol–water partition coefficient (Wildman–Crippen LogP) is 3.46. The fourth-order valence-corrected chi connectivity index (χ4v) is 2.49. The van der Waals surface area contributed by atoms with Gasteiger partial charge < -0.3 is 15.6 Å². The number of rotatable bonds is 11. The molecule has 0 aliphatic rings. The fourth-order valence-electron chi connectivity index (χ4n) is 2.49. The number of aliphatic hydroxyl groups is 1.